The molecule has 0 saturated carbocycles. The van der Waals surface area contributed by atoms with Crippen molar-refractivity contribution >= 4 is 11.0 Å². The number of para-hydroxylation sites is 1. The molecule has 0 spiro atoms. The molecule has 2 heterocycles. The second-order valence-electron chi connectivity index (χ2n) is 5.62. The van der Waals surface area contributed by atoms with Crippen LogP contribution in [0.25, 0.3) is 16.7 Å². The summed E-state index contributed by atoms with van der Waals surface area (Å²) in [6.45, 7) is 0.393. The van der Waals surface area contributed by atoms with Crippen molar-refractivity contribution in [1.29, 1.82) is 5.26 Å². The average molecular weight is 327 g/mol. The van der Waals surface area contributed by atoms with Gasteiger partial charge in [0.2, 0.25) is 0 Å². The first-order valence-electron chi connectivity index (χ1n) is 7.74. The topological polar surface area (TPSA) is 76.5 Å². The fourth-order valence-corrected chi connectivity index (χ4v) is 2.70. The number of hydrogen-bond donors (Lipinski definition) is 0. The summed E-state index contributed by atoms with van der Waals surface area (Å²) in [5.41, 5.74) is 2.77. The van der Waals surface area contributed by atoms with Crippen LogP contribution in [-0.4, -0.2) is 19.3 Å². The van der Waals surface area contributed by atoms with Crippen LogP contribution in [0.5, 0.6) is 0 Å². The molecule has 6 heteroatoms. The highest BCUT2D eigenvalue weighted by atomic mass is 16.1. The lowest BCUT2D eigenvalue weighted by molar-refractivity contribution is 0.745. The molecule has 0 aliphatic rings. The van der Waals surface area contributed by atoms with E-state index in [1.807, 2.05) is 42.5 Å². The van der Waals surface area contributed by atoms with Gasteiger partial charge in [-0.2, -0.15) is 10.4 Å². The maximum absolute atomic E-state index is 12.7. The number of hydrogen-bond acceptors (Lipinski definition) is 4. The summed E-state index contributed by atoms with van der Waals surface area (Å²) in [5, 5.41) is 13.6. The van der Waals surface area contributed by atoms with E-state index in [4.69, 9.17) is 5.26 Å². The first-order chi connectivity index (χ1) is 12.3. The smallest absolute Gasteiger partial charge is 0.264 e. The van der Waals surface area contributed by atoms with Crippen molar-refractivity contribution in [3.8, 4) is 11.8 Å². The van der Waals surface area contributed by atoms with Gasteiger partial charge in [0.1, 0.15) is 11.7 Å². The molecule has 0 aliphatic heterocycles. The van der Waals surface area contributed by atoms with E-state index in [0.717, 1.165) is 11.3 Å². The molecule has 25 heavy (non-hydrogen) atoms. The molecule has 0 saturated heterocycles. The lowest BCUT2D eigenvalue weighted by Crippen LogP contribution is -2.21. The van der Waals surface area contributed by atoms with Gasteiger partial charge in [-0.25, -0.2) is 9.67 Å². The zero-order valence-corrected chi connectivity index (χ0v) is 13.2. The van der Waals surface area contributed by atoms with Crippen LogP contribution in [0.3, 0.4) is 0 Å². The summed E-state index contributed by atoms with van der Waals surface area (Å²) < 4.78 is 3.20. The van der Waals surface area contributed by atoms with Gasteiger partial charge in [-0.15, -0.1) is 0 Å². The molecule has 0 amide bonds. The lowest BCUT2D eigenvalue weighted by Gasteiger charge is -2.06. The van der Waals surface area contributed by atoms with Gasteiger partial charge >= 0.3 is 0 Å². The minimum atomic E-state index is -0.142. The molecule has 0 bridgehead atoms. The Kier molecular flexibility index (Phi) is 3.60. The monoisotopic (exact) mass is 327 g/mol. The first-order valence-corrected chi connectivity index (χ1v) is 7.74. The Labute approximate surface area is 143 Å². The molecule has 6 nitrogen and oxygen atoms in total. The minimum Gasteiger partial charge on any atom is -0.294 e. The second kappa shape index (κ2) is 6.06. The molecule has 0 radical (unpaired) electrons. The normalized spacial score (nSPS) is 10.7. The van der Waals surface area contributed by atoms with Crippen molar-refractivity contribution in [2.45, 2.75) is 6.54 Å². The third-order valence-corrected chi connectivity index (χ3v) is 3.99. The van der Waals surface area contributed by atoms with E-state index in [1.165, 1.54) is 6.33 Å². The van der Waals surface area contributed by atoms with Crippen LogP contribution in [0.1, 0.15) is 11.1 Å². The summed E-state index contributed by atoms with van der Waals surface area (Å²) in [5.74, 6) is 0. The quantitative estimate of drug-likeness (QED) is 0.579. The minimum absolute atomic E-state index is 0.142. The third-order valence-electron chi connectivity index (χ3n) is 3.99. The Hall–Kier alpha value is -3.72. The van der Waals surface area contributed by atoms with E-state index in [0.29, 0.717) is 23.1 Å². The van der Waals surface area contributed by atoms with Crippen LogP contribution in [0.4, 0.5) is 0 Å². The number of benzene rings is 2. The molecule has 0 N–H and O–H groups in total. The Morgan fingerprint density at radius 1 is 1.04 bits per heavy atom. The highest BCUT2D eigenvalue weighted by Crippen LogP contribution is 2.13. The van der Waals surface area contributed by atoms with Crippen molar-refractivity contribution in [2.75, 3.05) is 0 Å². The summed E-state index contributed by atoms with van der Waals surface area (Å²) in [6, 6.07) is 18.8. The van der Waals surface area contributed by atoms with Crippen LogP contribution >= 0.6 is 0 Å². The standard InChI is InChI=1S/C19H13N5O/c20-10-14-6-8-15(9-7-14)12-23-13-21-18-17(19(23)25)11-22-24(18)16-4-2-1-3-5-16/h1-9,11,13H,12H2. The van der Waals surface area contributed by atoms with E-state index in [2.05, 4.69) is 16.2 Å². The van der Waals surface area contributed by atoms with Crippen molar-refractivity contribution < 1.29 is 0 Å². The van der Waals surface area contributed by atoms with Gasteiger partial charge in [0.05, 0.1) is 30.1 Å². The predicted molar refractivity (Wildman–Crippen MR) is 93.4 cm³/mol. The maximum atomic E-state index is 12.7. The second-order valence-corrected chi connectivity index (χ2v) is 5.62. The summed E-state index contributed by atoms with van der Waals surface area (Å²) in [4.78, 5) is 17.1. The van der Waals surface area contributed by atoms with Crippen LogP contribution in [0.2, 0.25) is 0 Å². The van der Waals surface area contributed by atoms with Gasteiger partial charge in [-0.05, 0) is 29.8 Å². The molecule has 4 rings (SSSR count). The zero-order chi connectivity index (χ0) is 17.2. The Morgan fingerprint density at radius 2 is 1.80 bits per heavy atom. The van der Waals surface area contributed by atoms with E-state index in [9.17, 15) is 4.79 Å². The number of nitriles is 1. The molecule has 0 atom stereocenters. The molecule has 2 aromatic heterocycles. The molecule has 0 unspecified atom stereocenters. The maximum Gasteiger partial charge on any atom is 0.264 e. The molecule has 0 fully saturated rings. The molecule has 120 valence electrons. The molecular weight excluding hydrogens is 314 g/mol. The number of rotatable bonds is 3. The SMILES string of the molecule is N#Cc1ccc(Cn2cnc3c(cnn3-c3ccccc3)c2=O)cc1. The number of nitrogens with zero attached hydrogens (tertiary/aromatic N) is 5. The molecule has 4 aromatic rings. The van der Waals surface area contributed by atoms with Crippen LogP contribution < -0.4 is 5.56 Å². The summed E-state index contributed by atoms with van der Waals surface area (Å²) >= 11 is 0. The summed E-state index contributed by atoms with van der Waals surface area (Å²) in [7, 11) is 0. The Bertz CT molecular complexity index is 1130. The van der Waals surface area contributed by atoms with Gasteiger partial charge in [0.25, 0.3) is 5.56 Å². The predicted octanol–water partition coefficient (Wildman–Crippen LogP) is 2.50. The molecule has 0 aliphatic carbocycles. The largest absolute Gasteiger partial charge is 0.294 e. The molecule has 2 aromatic carbocycles. The van der Waals surface area contributed by atoms with Crippen LogP contribution in [-0.2, 0) is 6.54 Å². The lowest BCUT2D eigenvalue weighted by atomic mass is 10.1. The highest BCUT2D eigenvalue weighted by Gasteiger charge is 2.11. The zero-order valence-electron chi connectivity index (χ0n) is 13.2. The van der Waals surface area contributed by atoms with E-state index >= 15 is 0 Å². The van der Waals surface area contributed by atoms with Gasteiger partial charge in [0.15, 0.2) is 5.65 Å². The fraction of sp³-hybridized carbons (Fsp3) is 0.0526. The van der Waals surface area contributed by atoms with Gasteiger partial charge < -0.3 is 0 Å². The average Bonchev–Trinajstić information content (AvgIpc) is 3.10. The van der Waals surface area contributed by atoms with Crippen LogP contribution in [0, 0.1) is 11.3 Å². The van der Waals surface area contributed by atoms with Crippen LogP contribution in [0.15, 0.2) is 71.9 Å². The highest BCUT2D eigenvalue weighted by molar-refractivity contribution is 5.74. The fourth-order valence-electron chi connectivity index (χ4n) is 2.70. The van der Waals surface area contributed by atoms with Gasteiger partial charge in [0, 0.05) is 0 Å². The van der Waals surface area contributed by atoms with E-state index in [1.54, 1.807) is 27.6 Å². The van der Waals surface area contributed by atoms with E-state index < -0.39 is 0 Å². The summed E-state index contributed by atoms with van der Waals surface area (Å²) in [6.07, 6.45) is 3.08. The van der Waals surface area contributed by atoms with Crippen molar-refractivity contribution in [3.05, 3.63) is 88.6 Å². The van der Waals surface area contributed by atoms with Gasteiger partial charge in [-0.1, -0.05) is 30.3 Å². The Morgan fingerprint density at radius 3 is 2.52 bits per heavy atom. The van der Waals surface area contributed by atoms with Crippen molar-refractivity contribution in [3.63, 3.8) is 0 Å². The number of aromatic nitrogens is 4. The van der Waals surface area contributed by atoms with Crippen molar-refractivity contribution in [2.24, 2.45) is 0 Å². The third kappa shape index (κ3) is 2.68. The first kappa shape index (κ1) is 14.8. The number of fused-ring (bicyclic) bond motifs is 1. The van der Waals surface area contributed by atoms with Gasteiger partial charge in [-0.3, -0.25) is 9.36 Å². The molecular formula is C19H13N5O. The van der Waals surface area contributed by atoms with Crippen molar-refractivity contribution in [1.82, 2.24) is 19.3 Å². The van der Waals surface area contributed by atoms with E-state index in [-0.39, 0.29) is 5.56 Å². The Balaban J connectivity index is 1.74.